The van der Waals surface area contributed by atoms with Crippen molar-refractivity contribution in [3.63, 3.8) is 0 Å². The number of thioether (sulfide) groups is 1. The van der Waals surface area contributed by atoms with Crippen LogP contribution in [-0.2, 0) is 21.9 Å². The molecule has 1 unspecified atom stereocenters. The van der Waals surface area contributed by atoms with Crippen LogP contribution in [0.4, 0.5) is 0 Å². The fourth-order valence-corrected chi connectivity index (χ4v) is 4.97. The van der Waals surface area contributed by atoms with E-state index in [1.54, 1.807) is 0 Å². The van der Waals surface area contributed by atoms with E-state index < -0.39 is 27.4 Å². The molecule has 1 aromatic rings. The van der Waals surface area contributed by atoms with Gasteiger partial charge in [-0.05, 0) is 18.2 Å². The van der Waals surface area contributed by atoms with Crippen LogP contribution in [0.15, 0.2) is 17.2 Å². The smallest absolute Gasteiger partial charge is 0.325 e. The van der Waals surface area contributed by atoms with Crippen molar-refractivity contribution < 1.29 is 23.1 Å². The minimum atomic E-state index is -4.06. The fourth-order valence-electron chi connectivity index (χ4n) is 2.10. The Bertz CT molecular complexity index is 689. The predicted molar refractivity (Wildman–Crippen MR) is 76.6 cm³/mol. The van der Waals surface area contributed by atoms with E-state index in [-0.39, 0.29) is 22.8 Å². The molecule has 21 heavy (non-hydrogen) atoms. The quantitative estimate of drug-likeness (QED) is 0.657. The number of hydrogen-bond donors (Lipinski definition) is 3. The Balaban J connectivity index is 2.36. The van der Waals surface area contributed by atoms with Crippen molar-refractivity contribution in [1.82, 2.24) is 9.29 Å². The number of carbonyl (C=O) groups is 2. The summed E-state index contributed by atoms with van der Waals surface area (Å²) in [7, 11) is -2.57. The first kappa shape index (κ1) is 15.9. The summed E-state index contributed by atoms with van der Waals surface area (Å²) >= 11 is 1.37. The van der Waals surface area contributed by atoms with Gasteiger partial charge in [0.15, 0.2) is 0 Å². The van der Waals surface area contributed by atoms with E-state index in [0.29, 0.717) is 5.75 Å². The molecule has 0 bridgehead atoms. The lowest BCUT2D eigenvalue weighted by Crippen LogP contribution is -2.54. The van der Waals surface area contributed by atoms with Crippen LogP contribution in [0.2, 0.25) is 0 Å². The number of nitrogens with one attached hydrogen (secondary N) is 1. The van der Waals surface area contributed by atoms with E-state index in [1.165, 1.54) is 29.6 Å². The molecule has 0 radical (unpaired) electrons. The van der Waals surface area contributed by atoms with Gasteiger partial charge in [0, 0.05) is 19.0 Å². The number of carboxylic acids is 1. The zero-order valence-corrected chi connectivity index (χ0v) is 12.8. The third kappa shape index (κ3) is 2.92. The monoisotopic (exact) mass is 333 g/mol. The first-order valence-electron chi connectivity index (χ1n) is 5.99. The van der Waals surface area contributed by atoms with Crippen molar-refractivity contribution in [2.24, 2.45) is 12.8 Å². The molecule has 0 spiro atoms. The van der Waals surface area contributed by atoms with E-state index in [4.69, 9.17) is 5.73 Å². The molecular weight excluding hydrogens is 318 g/mol. The highest BCUT2D eigenvalue weighted by Gasteiger charge is 2.45. The average molecular weight is 333 g/mol. The molecule has 1 fully saturated rings. The summed E-state index contributed by atoms with van der Waals surface area (Å²) in [5, 5.41) is 9.30. The minimum absolute atomic E-state index is 0.0283. The number of primary amides is 1. The van der Waals surface area contributed by atoms with Gasteiger partial charge in [-0.1, -0.05) is 0 Å². The van der Waals surface area contributed by atoms with Crippen LogP contribution in [0.1, 0.15) is 16.9 Å². The summed E-state index contributed by atoms with van der Waals surface area (Å²) in [6.07, 6.45) is 1.43. The summed E-state index contributed by atoms with van der Waals surface area (Å²) in [5.41, 5.74) is 3.66. The maximum Gasteiger partial charge on any atom is 0.325 e. The Kier molecular flexibility index (Phi) is 4.04. The van der Waals surface area contributed by atoms with Gasteiger partial charge < -0.3 is 15.4 Å². The maximum atomic E-state index is 12.3. The normalized spacial score (nSPS) is 22.3. The van der Waals surface area contributed by atoms with Gasteiger partial charge in [-0.25, -0.2) is 8.42 Å². The number of amides is 1. The summed E-state index contributed by atoms with van der Waals surface area (Å²) in [5.74, 6) is -1.24. The van der Waals surface area contributed by atoms with Gasteiger partial charge in [-0.15, -0.1) is 0 Å². The SMILES string of the molecule is Cn1cc(S(=O)(=O)NC2(C(=O)O)CCSC2)cc1C(N)=O. The second-order valence-corrected chi connectivity index (χ2v) is 7.62. The Morgan fingerprint density at radius 1 is 1.52 bits per heavy atom. The number of nitrogens with zero attached hydrogens (tertiary/aromatic N) is 1. The van der Waals surface area contributed by atoms with E-state index in [0.717, 1.165) is 6.07 Å². The average Bonchev–Trinajstić information content (AvgIpc) is 2.96. The molecule has 2 rings (SSSR count). The summed E-state index contributed by atoms with van der Waals surface area (Å²) < 4.78 is 28.2. The Labute approximate surface area is 125 Å². The van der Waals surface area contributed by atoms with Crippen LogP contribution >= 0.6 is 11.8 Å². The van der Waals surface area contributed by atoms with Crippen molar-refractivity contribution in [2.45, 2.75) is 16.9 Å². The fraction of sp³-hybridized carbons (Fsp3) is 0.455. The number of aryl methyl sites for hydroxylation is 1. The predicted octanol–water partition coefficient (Wildman–Crippen LogP) is -0.637. The van der Waals surface area contributed by atoms with E-state index >= 15 is 0 Å². The molecule has 116 valence electrons. The molecule has 0 aromatic carbocycles. The third-order valence-electron chi connectivity index (χ3n) is 3.30. The summed E-state index contributed by atoms with van der Waals surface area (Å²) in [6, 6.07) is 1.13. The van der Waals surface area contributed by atoms with E-state index in [9.17, 15) is 23.1 Å². The summed E-state index contributed by atoms with van der Waals surface area (Å²) in [6.45, 7) is 0. The number of nitrogens with two attached hydrogens (primary N) is 1. The zero-order valence-electron chi connectivity index (χ0n) is 11.2. The van der Waals surface area contributed by atoms with Crippen molar-refractivity contribution in [1.29, 1.82) is 0 Å². The molecular formula is C11H15N3O5S2. The Hall–Kier alpha value is -1.52. The molecule has 1 saturated heterocycles. The lowest BCUT2D eigenvalue weighted by Gasteiger charge is -2.23. The van der Waals surface area contributed by atoms with Gasteiger partial charge in [0.1, 0.15) is 16.1 Å². The topological polar surface area (TPSA) is 131 Å². The van der Waals surface area contributed by atoms with E-state index in [1.807, 2.05) is 0 Å². The molecule has 1 aromatic heterocycles. The van der Waals surface area contributed by atoms with Gasteiger partial charge in [0.2, 0.25) is 10.0 Å². The van der Waals surface area contributed by atoms with Crippen LogP contribution in [-0.4, -0.2) is 47.0 Å². The van der Waals surface area contributed by atoms with Crippen LogP contribution in [0.5, 0.6) is 0 Å². The maximum absolute atomic E-state index is 12.3. The third-order valence-corrected chi connectivity index (χ3v) is 6.00. The molecule has 10 heteroatoms. The molecule has 0 aliphatic carbocycles. The van der Waals surface area contributed by atoms with Gasteiger partial charge in [-0.2, -0.15) is 16.5 Å². The minimum Gasteiger partial charge on any atom is -0.480 e. The van der Waals surface area contributed by atoms with Crippen LogP contribution in [0, 0.1) is 0 Å². The number of aliphatic carboxylic acids is 1. The molecule has 8 nitrogen and oxygen atoms in total. The van der Waals surface area contributed by atoms with Crippen LogP contribution in [0.25, 0.3) is 0 Å². The highest BCUT2D eigenvalue weighted by molar-refractivity contribution is 7.99. The van der Waals surface area contributed by atoms with Crippen LogP contribution in [0.3, 0.4) is 0 Å². The number of rotatable bonds is 5. The van der Waals surface area contributed by atoms with Gasteiger partial charge in [-0.3, -0.25) is 9.59 Å². The molecule has 1 aliphatic heterocycles. The first-order valence-corrected chi connectivity index (χ1v) is 8.63. The van der Waals surface area contributed by atoms with Crippen LogP contribution < -0.4 is 10.5 Å². The molecule has 2 heterocycles. The van der Waals surface area contributed by atoms with Crippen molar-refractivity contribution >= 4 is 33.7 Å². The largest absolute Gasteiger partial charge is 0.480 e. The molecule has 1 amide bonds. The van der Waals surface area contributed by atoms with E-state index in [2.05, 4.69) is 4.72 Å². The Morgan fingerprint density at radius 2 is 2.19 bits per heavy atom. The molecule has 1 aliphatic rings. The standard InChI is InChI=1S/C11H15N3O5S2/c1-14-5-7(4-8(14)9(12)15)21(18,19)13-11(10(16)17)2-3-20-6-11/h4-5,13H,2-3,6H2,1H3,(H2,12,15)(H,16,17). The molecule has 1 atom stereocenters. The number of hydrogen-bond acceptors (Lipinski definition) is 5. The first-order chi connectivity index (χ1) is 9.68. The molecule has 0 saturated carbocycles. The number of aromatic nitrogens is 1. The van der Waals surface area contributed by atoms with Crippen molar-refractivity contribution in [3.05, 3.63) is 18.0 Å². The second kappa shape index (κ2) is 5.35. The number of carbonyl (C=O) groups excluding carboxylic acids is 1. The van der Waals surface area contributed by atoms with Crippen molar-refractivity contribution in [2.75, 3.05) is 11.5 Å². The lowest BCUT2D eigenvalue weighted by atomic mass is 10.0. The zero-order chi connectivity index (χ0) is 15.8. The lowest BCUT2D eigenvalue weighted by molar-refractivity contribution is -0.142. The highest BCUT2D eigenvalue weighted by atomic mass is 32.2. The van der Waals surface area contributed by atoms with Gasteiger partial charge >= 0.3 is 5.97 Å². The number of carboxylic acid groups (broad SMARTS) is 1. The summed E-state index contributed by atoms with van der Waals surface area (Å²) in [4.78, 5) is 22.4. The molecule has 4 N–H and O–H groups in total. The second-order valence-electron chi connectivity index (χ2n) is 4.83. The Morgan fingerprint density at radius 3 is 2.62 bits per heavy atom. The number of sulfonamides is 1. The van der Waals surface area contributed by atoms with Gasteiger partial charge in [0.25, 0.3) is 5.91 Å². The van der Waals surface area contributed by atoms with Gasteiger partial charge in [0.05, 0.1) is 0 Å². The highest BCUT2D eigenvalue weighted by Crippen LogP contribution is 2.30. The van der Waals surface area contributed by atoms with Crippen molar-refractivity contribution in [3.8, 4) is 0 Å².